The van der Waals surface area contributed by atoms with Gasteiger partial charge in [-0.3, -0.25) is 0 Å². The van der Waals surface area contributed by atoms with E-state index in [-0.39, 0.29) is 11.3 Å². The van der Waals surface area contributed by atoms with E-state index in [1.165, 1.54) is 6.07 Å². The van der Waals surface area contributed by atoms with Gasteiger partial charge in [0, 0.05) is 11.1 Å². The molecule has 1 aliphatic rings. The summed E-state index contributed by atoms with van der Waals surface area (Å²) in [5.41, 5.74) is 1.68. The van der Waals surface area contributed by atoms with Crippen molar-refractivity contribution in [2.24, 2.45) is 0 Å². The lowest BCUT2D eigenvalue weighted by molar-refractivity contribution is -0.187. The van der Waals surface area contributed by atoms with E-state index in [0.717, 1.165) is 11.1 Å². The number of carboxylic acids is 1. The summed E-state index contributed by atoms with van der Waals surface area (Å²) in [4.78, 5) is 11.7. The Balaban J connectivity index is 2.38. The Morgan fingerprint density at radius 1 is 1.08 bits per heavy atom. The molecule has 0 aromatic heterocycles. The van der Waals surface area contributed by atoms with E-state index in [1.54, 1.807) is 30.3 Å². The average Bonchev–Trinajstić information content (AvgIpc) is 2.51. The average molecular weight is 348 g/mol. The Bertz CT molecular complexity index is 861. The molecular weight excluding hydrogens is 333 g/mol. The molecule has 3 rings (SSSR count). The molecule has 1 heterocycles. The molecule has 2 aromatic carbocycles. The Labute approximate surface area is 142 Å². The monoisotopic (exact) mass is 348 g/mol. The van der Waals surface area contributed by atoms with Gasteiger partial charge in [0.1, 0.15) is 5.75 Å². The molecule has 2 aromatic rings. The van der Waals surface area contributed by atoms with Crippen LogP contribution in [0.2, 0.25) is 0 Å². The lowest BCUT2D eigenvalue weighted by Crippen LogP contribution is -2.41. The molecule has 1 atom stereocenters. The number of hydrogen-bond acceptors (Lipinski definition) is 2. The van der Waals surface area contributed by atoms with E-state index in [0.29, 0.717) is 11.1 Å². The van der Waals surface area contributed by atoms with Crippen LogP contribution in [0.4, 0.5) is 13.2 Å². The molecule has 1 aliphatic heterocycles. The van der Waals surface area contributed by atoms with Crippen LogP contribution in [-0.2, 0) is 4.79 Å². The largest absolute Gasteiger partial charge is 0.478 e. The summed E-state index contributed by atoms with van der Waals surface area (Å²) in [7, 11) is 0. The first kappa shape index (κ1) is 17.1. The third-order valence-corrected chi connectivity index (χ3v) is 3.97. The highest BCUT2D eigenvalue weighted by atomic mass is 19.4. The Morgan fingerprint density at radius 2 is 1.68 bits per heavy atom. The lowest BCUT2D eigenvalue weighted by Gasteiger charge is -2.31. The van der Waals surface area contributed by atoms with Gasteiger partial charge in [-0.1, -0.05) is 47.5 Å². The maximum Gasteiger partial charge on any atom is 0.430 e. The number of para-hydroxylation sites is 1. The number of fused-ring (bicyclic) bond motifs is 1. The number of carboxylic acid groups (broad SMARTS) is 1. The second kappa shape index (κ2) is 5.95. The zero-order chi connectivity index (χ0) is 18.4. The number of carbonyl (C=O) groups is 1. The molecule has 0 radical (unpaired) electrons. The molecule has 0 saturated carbocycles. The maximum atomic E-state index is 13.5. The molecule has 0 saturated heterocycles. The van der Waals surface area contributed by atoms with Crippen molar-refractivity contribution >= 4 is 11.5 Å². The van der Waals surface area contributed by atoms with Gasteiger partial charge in [-0.15, -0.1) is 0 Å². The van der Waals surface area contributed by atoms with Crippen LogP contribution in [0.3, 0.4) is 0 Å². The van der Waals surface area contributed by atoms with Crippen LogP contribution in [0.1, 0.15) is 22.3 Å². The maximum absolute atomic E-state index is 13.5. The van der Waals surface area contributed by atoms with E-state index in [2.05, 4.69) is 0 Å². The molecule has 0 spiro atoms. The van der Waals surface area contributed by atoms with Gasteiger partial charge < -0.3 is 9.84 Å². The second-order valence-electron chi connectivity index (χ2n) is 6.01. The number of aliphatic carboxylic acids is 1. The molecule has 1 unspecified atom stereocenters. The van der Waals surface area contributed by atoms with Crippen molar-refractivity contribution in [1.82, 2.24) is 0 Å². The number of rotatable bonds is 2. The minimum Gasteiger partial charge on any atom is -0.478 e. The number of hydrogen-bond donors (Lipinski definition) is 1. The number of ether oxygens (including phenoxy) is 1. The van der Waals surface area contributed by atoms with Crippen molar-refractivity contribution in [2.75, 3.05) is 0 Å². The van der Waals surface area contributed by atoms with E-state index >= 15 is 0 Å². The van der Waals surface area contributed by atoms with Crippen molar-refractivity contribution in [1.29, 1.82) is 0 Å². The summed E-state index contributed by atoms with van der Waals surface area (Å²) >= 11 is 0. The molecule has 0 amide bonds. The Morgan fingerprint density at radius 3 is 2.24 bits per heavy atom. The fourth-order valence-electron chi connectivity index (χ4n) is 3.12. The highest BCUT2D eigenvalue weighted by Crippen LogP contribution is 2.44. The smallest absolute Gasteiger partial charge is 0.430 e. The quantitative estimate of drug-likeness (QED) is 0.868. The zero-order valence-corrected chi connectivity index (χ0v) is 13.5. The molecule has 0 fully saturated rings. The summed E-state index contributed by atoms with van der Waals surface area (Å²) in [6, 6.07) is 11.4. The molecule has 3 nitrogen and oxygen atoms in total. The van der Waals surface area contributed by atoms with Crippen LogP contribution in [0.15, 0.2) is 48.0 Å². The van der Waals surface area contributed by atoms with Gasteiger partial charge >= 0.3 is 12.1 Å². The standard InChI is InChI=1S/C19H15F3O3/c1-10-7-11(2)9-12(8-10)15-13-5-3-4-6-14(13)25-17(19(20,21)22)16(15)18(23)24/h3-9,17H,1-2H3,(H,23,24). The van der Waals surface area contributed by atoms with E-state index in [4.69, 9.17) is 4.74 Å². The third kappa shape index (κ3) is 3.12. The fraction of sp³-hybridized carbons (Fsp3) is 0.211. The fourth-order valence-corrected chi connectivity index (χ4v) is 3.12. The van der Waals surface area contributed by atoms with Crippen LogP contribution in [0.25, 0.3) is 5.57 Å². The molecule has 25 heavy (non-hydrogen) atoms. The van der Waals surface area contributed by atoms with Crippen LogP contribution in [0.5, 0.6) is 5.75 Å². The van der Waals surface area contributed by atoms with Crippen molar-refractivity contribution in [2.45, 2.75) is 26.1 Å². The van der Waals surface area contributed by atoms with Crippen LogP contribution < -0.4 is 4.74 Å². The summed E-state index contributed by atoms with van der Waals surface area (Å²) in [5.74, 6) is -1.63. The van der Waals surface area contributed by atoms with Gasteiger partial charge in [0.2, 0.25) is 6.10 Å². The van der Waals surface area contributed by atoms with Gasteiger partial charge in [0.25, 0.3) is 0 Å². The lowest BCUT2D eigenvalue weighted by atomic mass is 9.86. The third-order valence-electron chi connectivity index (χ3n) is 3.97. The van der Waals surface area contributed by atoms with Crippen LogP contribution in [-0.4, -0.2) is 23.4 Å². The normalized spacial score (nSPS) is 17.1. The minimum atomic E-state index is -4.84. The van der Waals surface area contributed by atoms with Gasteiger partial charge in [0.15, 0.2) is 0 Å². The van der Waals surface area contributed by atoms with Gasteiger partial charge in [-0.2, -0.15) is 13.2 Å². The predicted molar refractivity (Wildman–Crippen MR) is 86.5 cm³/mol. The molecule has 130 valence electrons. The Hall–Kier alpha value is -2.76. The van der Waals surface area contributed by atoms with E-state index < -0.39 is 23.8 Å². The first-order chi connectivity index (χ1) is 11.7. The first-order valence-corrected chi connectivity index (χ1v) is 7.57. The zero-order valence-electron chi connectivity index (χ0n) is 13.5. The van der Waals surface area contributed by atoms with E-state index in [1.807, 2.05) is 19.9 Å². The molecule has 1 N–H and O–H groups in total. The van der Waals surface area contributed by atoms with Gasteiger partial charge in [0.05, 0.1) is 5.57 Å². The highest BCUT2D eigenvalue weighted by molar-refractivity contribution is 6.03. The number of aryl methyl sites for hydroxylation is 2. The number of halogens is 3. The van der Waals surface area contributed by atoms with Crippen molar-refractivity contribution < 1.29 is 27.8 Å². The Kier molecular flexibility index (Phi) is 4.06. The summed E-state index contributed by atoms with van der Waals surface area (Å²) in [5, 5.41) is 9.53. The molecule has 0 bridgehead atoms. The molecule has 0 aliphatic carbocycles. The summed E-state index contributed by atoms with van der Waals surface area (Å²) < 4.78 is 45.4. The summed E-state index contributed by atoms with van der Waals surface area (Å²) in [6.07, 6.45) is -7.36. The van der Waals surface area contributed by atoms with E-state index in [9.17, 15) is 23.1 Å². The molecule has 6 heteroatoms. The van der Waals surface area contributed by atoms with Crippen molar-refractivity contribution in [3.05, 3.63) is 70.3 Å². The summed E-state index contributed by atoms with van der Waals surface area (Å²) in [6.45, 7) is 3.62. The first-order valence-electron chi connectivity index (χ1n) is 7.57. The number of benzene rings is 2. The number of alkyl halides is 3. The van der Waals surface area contributed by atoms with Crippen molar-refractivity contribution in [3.63, 3.8) is 0 Å². The van der Waals surface area contributed by atoms with Crippen molar-refractivity contribution in [3.8, 4) is 5.75 Å². The minimum absolute atomic E-state index is 0.0176. The predicted octanol–water partition coefficient (Wildman–Crippen LogP) is 4.51. The van der Waals surface area contributed by atoms with Crippen LogP contribution >= 0.6 is 0 Å². The van der Waals surface area contributed by atoms with Gasteiger partial charge in [-0.05, 0) is 25.5 Å². The second-order valence-corrected chi connectivity index (χ2v) is 6.01. The SMILES string of the molecule is Cc1cc(C)cc(C2=C(C(=O)O)C(C(F)(F)F)Oc3ccccc32)c1. The van der Waals surface area contributed by atoms with Crippen LogP contribution in [0, 0.1) is 13.8 Å². The van der Waals surface area contributed by atoms with Gasteiger partial charge in [-0.25, -0.2) is 4.79 Å². The topological polar surface area (TPSA) is 46.5 Å². The highest BCUT2D eigenvalue weighted by Gasteiger charge is 2.50. The molecular formula is C19H15F3O3.